The Morgan fingerprint density at radius 2 is 2.13 bits per heavy atom. The molecule has 0 saturated heterocycles. The summed E-state index contributed by atoms with van der Waals surface area (Å²) >= 11 is 0. The minimum absolute atomic E-state index is 0.339. The number of nitrogens with zero attached hydrogens (tertiary/aromatic N) is 1. The van der Waals surface area contributed by atoms with Crippen LogP contribution in [0.1, 0.15) is 0 Å². The first kappa shape index (κ1) is 17.0. The molecular weight excluding hydrogens is 309 g/mol. The number of hydrogen-bond donors (Lipinski definition) is 4. The van der Waals surface area contributed by atoms with Crippen LogP contribution in [0.5, 0.6) is 11.5 Å². The number of amides is 1. The van der Waals surface area contributed by atoms with Crippen LogP contribution in [0.25, 0.3) is 0 Å². The summed E-state index contributed by atoms with van der Waals surface area (Å²) in [4.78, 5) is 13.1. The van der Waals surface area contributed by atoms with Gasteiger partial charge in [0.2, 0.25) is 5.91 Å². The van der Waals surface area contributed by atoms with Gasteiger partial charge in [-0.1, -0.05) is 0 Å². The Hall–Kier alpha value is -2.36. The van der Waals surface area contributed by atoms with Crippen molar-refractivity contribution in [3.8, 4) is 11.5 Å². The van der Waals surface area contributed by atoms with Gasteiger partial charge < -0.3 is 29.9 Å². The molecule has 2 atom stereocenters. The number of carbonyl (C=O) groups excluding carboxylic acids is 1. The van der Waals surface area contributed by atoms with E-state index >= 15 is 0 Å². The second-order valence-electron chi connectivity index (χ2n) is 4.74. The average Bonchev–Trinajstić information content (AvgIpc) is 2.52. The molecule has 0 spiro atoms. The van der Waals surface area contributed by atoms with Gasteiger partial charge in [-0.25, -0.2) is 9.71 Å². The molecule has 0 fully saturated rings. The zero-order valence-corrected chi connectivity index (χ0v) is 12.6. The maximum absolute atomic E-state index is 13.3. The van der Waals surface area contributed by atoms with Gasteiger partial charge in [-0.15, -0.1) is 0 Å². The lowest BCUT2D eigenvalue weighted by Gasteiger charge is -2.32. The van der Waals surface area contributed by atoms with Gasteiger partial charge in [-0.2, -0.15) is 0 Å². The highest BCUT2D eigenvalue weighted by molar-refractivity contribution is 5.94. The predicted molar refractivity (Wildman–Crippen MR) is 79.2 cm³/mol. The first-order valence-corrected chi connectivity index (χ1v) is 6.71. The second-order valence-corrected chi connectivity index (χ2v) is 4.74. The number of aliphatic hydroxyl groups excluding tert-OH is 2. The van der Waals surface area contributed by atoms with Crippen molar-refractivity contribution in [1.29, 1.82) is 0 Å². The van der Waals surface area contributed by atoms with E-state index in [2.05, 4.69) is 10.6 Å². The van der Waals surface area contributed by atoms with E-state index in [1.165, 1.54) is 14.2 Å². The van der Waals surface area contributed by atoms with E-state index in [-0.39, 0.29) is 6.54 Å². The predicted octanol–water partition coefficient (Wildman–Crippen LogP) is -0.0473. The Bertz CT molecular complexity index is 610. The van der Waals surface area contributed by atoms with Crippen molar-refractivity contribution in [3.05, 3.63) is 30.2 Å². The molecule has 1 aliphatic heterocycles. The molecule has 126 valence electrons. The van der Waals surface area contributed by atoms with Crippen LogP contribution < -0.4 is 20.1 Å². The Morgan fingerprint density at radius 1 is 1.39 bits per heavy atom. The molecule has 0 radical (unpaired) electrons. The van der Waals surface area contributed by atoms with E-state index in [0.29, 0.717) is 17.2 Å². The number of methoxy groups -OCH3 is 2. The summed E-state index contributed by atoms with van der Waals surface area (Å²) in [6.45, 7) is -0.339. The summed E-state index contributed by atoms with van der Waals surface area (Å²) < 4.78 is 23.5. The van der Waals surface area contributed by atoms with Gasteiger partial charge in [-0.05, 0) is 12.1 Å². The summed E-state index contributed by atoms with van der Waals surface area (Å²) in [6.07, 6.45) is -2.11. The molecule has 0 aliphatic carbocycles. The van der Waals surface area contributed by atoms with Gasteiger partial charge >= 0.3 is 0 Å². The summed E-state index contributed by atoms with van der Waals surface area (Å²) in [6, 6.07) is 4.87. The van der Waals surface area contributed by atoms with Crippen LogP contribution >= 0.6 is 0 Å². The molecule has 0 saturated carbocycles. The van der Waals surface area contributed by atoms with Crippen LogP contribution in [-0.4, -0.2) is 54.4 Å². The van der Waals surface area contributed by atoms with Gasteiger partial charge in [-0.3, -0.25) is 4.79 Å². The van der Waals surface area contributed by atoms with Crippen molar-refractivity contribution < 1.29 is 28.9 Å². The topological polar surface area (TPSA) is 103 Å². The van der Waals surface area contributed by atoms with E-state index in [4.69, 9.17) is 9.47 Å². The third kappa shape index (κ3) is 4.09. The molecule has 1 heterocycles. The number of nitrogens with one attached hydrogen (secondary N) is 2. The number of ether oxygens (including phenoxy) is 2. The van der Waals surface area contributed by atoms with Crippen LogP contribution in [0.3, 0.4) is 0 Å². The molecule has 1 aromatic carbocycles. The molecule has 9 heteroatoms. The van der Waals surface area contributed by atoms with Gasteiger partial charge in [0.15, 0.2) is 18.4 Å². The standard InChI is InChI=1S/C14H18FN3O5/c1-22-8-3-4-11(23-2)10(5-8)16-12(19)7-18-6-9(15)13(20)17-14(18)21/h3-6,13-14,17,20-21H,7H2,1-2H3,(H,16,19). The van der Waals surface area contributed by atoms with Crippen molar-refractivity contribution in [2.45, 2.75) is 12.6 Å². The SMILES string of the molecule is COc1ccc(OC)c(NC(=O)CN2C=C(F)C(O)NC2O)c1. The molecular formula is C14H18FN3O5. The first-order valence-electron chi connectivity index (χ1n) is 6.71. The zero-order valence-electron chi connectivity index (χ0n) is 12.6. The lowest BCUT2D eigenvalue weighted by molar-refractivity contribution is -0.121. The number of aliphatic hydroxyl groups is 2. The van der Waals surface area contributed by atoms with Crippen LogP contribution in [0.2, 0.25) is 0 Å². The average molecular weight is 327 g/mol. The Labute approximate surface area is 132 Å². The van der Waals surface area contributed by atoms with E-state index in [9.17, 15) is 19.4 Å². The molecule has 2 unspecified atom stereocenters. The number of carbonyl (C=O) groups is 1. The fraction of sp³-hybridized carbons (Fsp3) is 0.357. The number of hydrogen-bond acceptors (Lipinski definition) is 7. The van der Waals surface area contributed by atoms with E-state index in [1.54, 1.807) is 18.2 Å². The van der Waals surface area contributed by atoms with Crippen LogP contribution in [0.4, 0.5) is 10.1 Å². The largest absolute Gasteiger partial charge is 0.497 e. The normalized spacial score (nSPS) is 20.7. The number of halogens is 1. The molecule has 2 rings (SSSR count). The Balaban J connectivity index is 2.08. The number of anilines is 1. The summed E-state index contributed by atoms with van der Waals surface area (Å²) in [7, 11) is 2.94. The van der Waals surface area contributed by atoms with Crippen molar-refractivity contribution in [2.75, 3.05) is 26.1 Å². The van der Waals surface area contributed by atoms with E-state index in [0.717, 1.165) is 11.1 Å². The third-order valence-corrected chi connectivity index (χ3v) is 3.18. The highest BCUT2D eigenvalue weighted by Gasteiger charge is 2.27. The molecule has 4 N–H and O–H groups in total. The zero-order chi connectivity index (χ0) is 17.0. The minimum Gasteiger partial charge on any atom is -0.497 e. The third-order valence-electron chi connectivity index (χ3n) is 3.18. The second kappa shape index (κ2) is 7.27. The van der Waals surface area contributed by atoms with Crippen molar-refractivity contribution in [3.63, 3.8) is 0 Å². The van der Waals surface area contributed by atoms with Gasteiger partial charge in [0.1, 0.15) is 18.0 Å². The molecule has 8 nitrogen and oxygen atoms in total. The summed E-state index contributed by atoms with van der Waals surface area (Å²) in [5, 5.41) is 23.6. The van der Waals surface area contributed by atoms with Crippen molar-refractivity contribution in [2.24, 2.45) is 0 Å². The Morgan fingerprint density at radius 3 is 2.78 bits per heavy atom. The highest BCUT2D eigenvalue weighted by atomic mass is 19.1. The fourth-order valence-corrected chi connectivity index (χ4v) is 2.02. The fourth-order valence-electron chi connectivity index (χ4n) is 2.02. The maximum atomic E-state index is 13.3. The minimum atomic E-state index is -1.59. The first-order chi connectivity index (χ1) is 10.9. The summed E-state index contributed by atoms with van der Waals surface area (Å²) in [5.41, 5.74) is 0.376. The molecule has 0 aromatic heterocycles. The van der Waals surface area contributed by atoms with Crippen LogP contribution in [0.15, 0.2) is 30.2 Å². The molecule has 23 heavy (non-hydrogen) atoms. The maximum Gasteiger partial charge on any atom is 0.244 e. The van der Waals surface area contributed by atoms with E-state index in [1.807, 2.05) is 0 Å². The van der Waals surface area contributed by atoms with Crippen molar-refractivity contribution >= 4 is 11.6 Å². The van der Waals surface area contributed by atoms with Gasteiger partial charge in [0, 0.05) is 12.3 Å². The van der Waals surface area contributed by atoms with Crippen molar-refractivity contribution in [1.82, 2.24) is 10.2 Å². The number of rotatable bonds is 5. The molecule has 0 bridgehead atoms. The van der Waals surface area contributed by atoms with E-state index < -0.39 is 24.3 Å². The quantitative estimate of drug-likeness (QED) is 0.601. The smallest absolute Gasteiger partial charge is 0.244 e. The summed E-state index contributed by atoms with van der Waals surface area (Å²) in [5.74, 6) is -0.469. The number of benzene rings is 1. The highest BCUT2D eigenvalue weighted by Crippen LogP contribution is 2.28. The van der Waals surface area contributed by atoms with Crippen LogP contribution in [0, 0.1) is 0 Å². The van der Waals surface area contributed by atoms with Gasteiger partial charge in [0.25, 0.3) is 0 Å². The lowest BCUT2D eigenvalue weighted by Crippen LogP contribution is -2.53. The monoisotopic (exact) mass is 327 g/mol. The lowest BCUT2D eigenvalue weighted by atomic mass is 10.2. The van der Waals surface area contributed by atoms with Gasteiger partial charge in [0.05, 0.1) is 19.9 Å². The Kier molecular flexibility index (Phi) is 5.37. The molecule has 1 aromatic rings. The molecule has 1 amide bonds. The molecule has 1 aliphatic rings. The van der Waals surface area contributed by atoms with Crippen LogP contribution in [-0.2, 0) is 4.79 Å².